The summed E-state index contributed by atoms with van der Waals surface area (Å²) in [7, 11) is 3.28. The van der Waals surface area contributed by atoms with Gasteiger partial charge in [0.15, 0.2) is 11.5 Å². The van der Waals surface area contributed by atoms with Crippen LogP contribution in [0.2, 0.25) is 0 Å². The zero-order valence-corrected chi connectivity index (χ0v) is 17.3. The molecule has 6 heteroatoms. The molecule has 1 heterocycles. The van der Waals surface area contributed by atoms with Gasteiger partial charge in [-0.1, -0.05) is 25.3 Å². The highest BCUT2D eigenvalue weighted by atomic mass is 16.6. The first-order chi connectivity index (χ1) is 13.6. The van der Waals surface area contributed by atoms with E-state index in [0.717, 1.165) is 36.4 Å². The topological polar surface area (TPSA) is 57.2 Å². The molecule has 0 amide bonds. The average Bonchev–Trinajstić information content (AvgIpc) is 3.10. The second-order valence-electron chi connectivity index (χ2n) is 7.67. The summed E-state index contributed by atoms with van der Waals surface area (Å²) < 4.78 is 22.5. The maximum Gasteiger partial charge on any atom is 0.303 e. The third kappa shape index (κ3) is 5.17. The second-order valence-corrected chi connectivity index (χ2v) is 7.67. The molecule has 2 aliphatic rings. The first-order valence-electron chi connectivity index (χ1n) is 10.4. The van der Waals surface area contributed by atoms with Crippen LogP contribution in [0.1, 0.15) is 51.0 Å². The van der Waals surface area contributed by atoms with Gasteiger partial charge in [-0.2, -0.15) is 0 Å². The van der Waals surface area contributed by atoms with Gasteiger partial charge in [-0.05, 0) is 37.0 Å². The van der Waals surface area contributed by atoms with Gasteiger partial charge in [-0.3, -0.25) is 9.69 Å². The van der Waals surface area contributed by atoms with E-state index in [1.54, 1.807) is 14.2 Å². The summed E-state index contributed by atoms with van der Waals surface area (Å²) in [5.74, 6) is 1.22. The fourth-order valence-electron chi connectivity index (χ4n) is 4.43. The van der Waals surface area contributed by atoms with Crippen LogP contribution in [0.4, 0.5) is 0 Å². The summed E-state index contributed by atoms with van der Waals surface area (Å²) in [6.45, 7) is 2.98. The molecule has 0 radical (unpaired) electrons. The van der Waals surface area contributed by atoms with E-state index in [0.29, 0.717) is 12.6 Å². The molecule has 6 nitrogen and oxygen atoms in total. The van der Waals surface area contributed by atoms with Crippen molar-refractivity contribution in [2.75, 3.05) is 27.4 Å². The monoisotopic (exact) mass is 391 g/mol. The molecule has 1 saturated heterocycles. The zero-order chi connectivity index (χ0) is 19.9. The number of ether oxygens (including phenoxy) is 4. The van der Waals surface area contributed by atoms with E-state index in [1.165, 1.54) is 39.0 Å². The number of hydrogen-bond donors (Lipinski definition) is 0. The highest BCUT2D eigenvalue weighted by Crippen LogP contribution is 2.32. The number of rotatable bonds is 8. The fourth-order valence-corrected chi connectivity index (χ4v) is 4.43. The molecule has 0 N–H and O–H groups in total. The Balaban J connectivity index is 1.61. The van der Waals surface area contributed by atoms with Gasteiger partial charge in [0.25, 0.3) is 0 Å². The predicted molar refractivity (Wildman–Crippen MR) is 107 cm³/mol. The van der Waals surface area contributed by atoms with E-state index in [2.05, 4.69) is 4.90 Å². The Morgan fingerprint density at radius 2 is 1.82 bits per heavy atom. The summed E-state index contributed by atoms with van der Waals surface area (Å²) in [5, 5.41) is 0. The summed E-state index contributed by atoms with van der Waals surface area (Å²) in [4.78, 5) is 14.0. The summed E-state index contributed by atoms with van der Waals surface area (Å²) in [6.07, 6.45) is 7.58. The Morgan fingerprint density at radius 3 is 2.50 bits per heavy atom. The van der Waals surface area contributed by atoms with E-state index >= 15 is 0 Å². The third-order valence-electron chi connectivity index (χ3n) is 5.81. The molecule has 1 saturated carbocycles. The quantitative estimate of drug-likeness (QED) is 0.632. The lowest BCUT2D eigenvalue weighted by molar-refractivity contribution is -0.162. The van der Waals surface area contributed by atoms with Crippen molar-refractivity contribution >= 4 is 5.97 Å². The van der Waals surface area contributed by atoms with Crippen molar-refractivity contribution < 1.29 is 23.7 Å². The van der Waals surface area contributed by atoms with Crippen molar-refractivity contribution in [3.05, 3.63) is 23.8 Å². The Labute approximate surface area is 168 Å². The minimum absolute atomic E-state index is 0.146. The summed E-state index contributed by atoms with van der Waals surface area (Å²) >= 11 is 0. The molecule has 1 aromatic carbocycles. The Hall–Kier alpha value is -1.79. The van der Waals surface area contributed by atoms with Gasteiger partial charge >= 0.3 is 5.97 Å². The largest absolute Gasteiger partial charge is 0.493 e. The van der Waals surface area contributed by atoms with E-state index in [9.17, 15) is 4.79 Å². The van der Waals surface area contributed by atoms with Gasteiger partial charge in [-0.15, -0.1) is 0 Å². The number of hydrogen-bond acceptors (Lipinski definition) is 6. The first kappa shape index (κ1) is 20.9. The second kappa shape index (κ2) is 10.1. The van der Waals surface area contributed by atoms with Crippen LogP contribution in [0.25, 0.3) is 0 Å². The van der Waals surface area contributed by atoms with Gasteiger partial charge in [0.1, 0.15) is 12.3 Å². The maximum absolute atomic E-state index is 11.5. The normalized spacial score (nSPS) is 23.5. The minimum atomic E-state index is -0.232. The molecule has 156 valence electrons. The molecule has 1 aromatic rings. The molecule has 0 aromatic heterocycles. The van der Waals surface area contributed by atoms with Crippen molar-refractivity contribution in [2.24, 2.45) is 0 Å². The molecule has 3 rings (SSSR count). The predicted octanol–water partition coefficient (Wildman–Crippen LogP) is 3.56. The molecule has 1 aliphatic heterocycles. The van der Waals surface area contributed by atoms with Gasteiger partial charge in [0.05, 0.1) is 20.8 Å². The van der Waals surface area contributed by atoms with Gasteiger partial charge in [-0.25, -0.2) is 0 Å². The van der Waals surface area contributed by atoms with Crippen molar-refractivity contribution in [1.29, 1.82) is 0 Å². The molecule has 2 atom stereocenters. The van der Waals surface area contributed by atoms with Crippen LogP contribution in [-0.2, 0) is 20.7 Å². The van der Waals surface area contributed by atoms with Gasteiger partial charge in [0, 0.05) is 25.9 Å². The highest BCUT2D eigenvalue weighted by molar-refractivity contribution is 5.66. The molecule has 0 spiro atoms. The standard InChI is InChI=1S/C22H33NO5/c1-16(24)28-20-11-13-23(18-7-5-4-6-8-18)22(20)27-14-12-17-9-10-19(25-2)21(15-17)26-3/h9-10,15,18,20,22H,4-8,11-14H2,1-3H3. The number of esters is 1. The smallest absolute Gasteiger partial charge is 0.303 e. The lowest BCUT2D eigenvalue weighted by Crippen LogP contribution is -2.46. The molecule has 1 aliphatic carbocycles. The van der Waals surface area contributed by atoms with E-state index in [-0.39, 0.29) is 18.3 Å². The third-order valence-corrected chi connectivity index (χ3v) is 5.81. The number of carbonyl (C=O) groups excluding carboxylic acids is 1. The number of methoxy groups -OCH3 is 2. The van der Waals surface area contributed by atoms with Crippen molar-refractivity contribution in [3.8, 4) is 11.5 Å². The van der Waals surface area contributed by atoms with Crippen LogP contribution in [0.15, 0.2) is 18.2 Å². The van der Waals surface area contributed by atoms with E-state index in [1.807, 2.05) is 18.2 Å². The summed E-state index contributed by atoms with van der Waals surface area (Å²) in [6, 6.07) is 6.47. The van der Waals surface area contributed by atoms with Crippen LogP contribution in [0, 0.1) is 0 Å². The highest BCUT2D eigenvalue weighted by Gasteiger charge is 2.40. The fraction of sp³-hybridized carbons (Fsp3) is 0.682. The zero-order valence-electron chi connectivity index (χ0n) is 17.3. The SMILES string of the molecule is COc1ccc(CCOC2C(OC(C)=O)CCN2C2CCCCC2)cc1OC. The van der Waals surface area contributed by atoms with Crippen LogP contribution in [0.5, 0.6) is 11.5 Å². The van der Waals surface area contributed by atoms with Gasteiger partial charge in [0.2, 0.25) is 0 Å². The average molecular weight is 392 g/mol. The van der Waals surface area contributed by atoms with E-state index in [4.69, 9.17) is 18.9 Å². The number of benzene rings is 1. The van der Waals surface area contributed by atoms with Crippen molar-refractivity contribution in [3.63, 3.8) is 0 Å². The molecular weight excluding hydrogens is 358 g/mol. The van der Waals surface area contributed by atoms with Crippen LogP contribution in [0.3, 0.4) is 0 Å². The van der Waals surface area contributed by atoms with Crippen LogP contribution < -0.4 is 9.47 Å². The number of likely N-dealkylation sites (tertiary alicyclic amines) is 1. The molecular formula is C22H33NO5. The Kier molecular flexibility index (Phi) is 7.57. The molecule has 28 heavy (non-hydrogen) atoms. The molecule has 2 fully saturated rings. The van der Waals surface area contributed by atoms with Crippen LogP contribution in [-0.4, -0.2) is 56.6 Å². The van der Waals surface area contributed by atoms with Crippen molar-refractivity contribution in [2.45, 2.75) is 70.2 Å². The Morgan fingerprint density at radius 1 is 1.07 bits per heavy atom. The number of nitrogens with zero attached hydrogens (tertiary/aromatic N) is 1. The molecule has 2 unspecified atom stereocenters. The number of carbonyl (C=O) groups is 1. The lowest BCUT2D eigenvalue weighted by Gasteiger charge is -2.36. The van der Waals surface area contributed by atoms with Gasteiger partial charge < -0.3 is 18.9 Å². The van der Waals surface area contributed by atoms with Crippen molar-refractivity contribution in [1.82, 2.24) is 4.90 Å². The maximum atomic E-state index is 11.5. The lowest BCUT2D eigenvalue weighted by atomic mass is 9.94. The molecule has 0 bridgehead atoms. The Bertz CT molecular complexity index is 644. The van der Waals surface area contributed by atoms with E-state index < -0.39 is 0 Å². The summed E-state index contributed by atoms with van der Waals surface area (Å²) in [5.41, 5.74) is 1.13. The van der Waals surface area contributed by atoms with Crippen LogP contribution >= 0.6 is 0 Å². The first-order valence-corrected chi connectivity index (χ1v) is 10.4. The minimum Gasteiger partial charge on any atom is -0.493 e.